The number of aromatic nitrogens is 2. The van der Waals surface area contributed by atoms with Crippen LogP contribution in [0.3, 0.4) is 0 Å². The second-order valence-corrected chi connectivity index (χ2v) is 10.5. The van der Waals surface area contributed by atoms with Gasteiger partial charge < -0.3 is 9.47 Å². The van der Waals surface area contributed by atoms with Gasteiger partial charge in [-0.3, -0.25) is 4.98 Å². The number of pyridine rings is 2. The van der Waals surface area contributed by atoms with E-state index in [4.69, 9.17) is 9.47 Å². The van der Waals surface area contributed by atoms with E-state index in [1.165, 1.54) is 24.5 Å². The smallest absolute Gasteiger partial charge is 0.213 e. The lowest BCUT2D eigenvalue weighted by molar-refractivity contribution is 0.292. The van der Waals surface area contributed by atoms with Crippen LogP contribution in [-0.2, 0) is 13.0 Å². The number of ether oxygens (including phenoxy) is 2. The Balaban J connectivity index is 1.58. The van der Waals surface area contributed by atoms with E-state index in [-0.39, 0.29) is 11.2 Å². The highest BCUT2D eigenvalue weighted by Crippen LogP contribution is 2.44. The van der Waals surface area contributed by atoms with Crippen LogP contribution in [0.5, 0.6) is 11.6 Å². The molecule has 2 aromatic heterocycles. The van der Waals surface area contributed by atoms with Crippen molar-refractivity contribution in [1.29, 1.82) is 0 Å². The van der Waals surface area contributed by atoms with Gasteiger partial charge in [0, 0.05) is 29.6 Å². The van der Waals surface area contributed by atoms with Crippen LogP contribution in [0.25, 0.3) is 11.3 Å². The molecule has 4 nitrogen and oxygen atoms in total. The lowest BCUT2D eigenvalue weighted by Gasteiger charge is -2.21. The maximum atomic E-state index is 14.7. The molecule has 1 aliphatic carbocycles. The van der Waals surface area contributed by atoms with Crippen molar-refractivity contribution in [2.45, 2.75) is 65.9 Å². The Morgan fingerprint density at radius 1 is 1.09 bits per heavy atom. The monoisotopic (exact) mass is 462 g/mol. The standard InChI is InChI=1S/C29H35FN2O2/c1-6-24(20-7-8-20)21-11-12-31-27(14-21)34-18-19-13-22(16-29(2,3)4)28(32-17-19)25-15-23(33-5)9-10-26(25)30/h9-15,17,20,24H,6-8,16,18H2,1-5H3. The number of methoxy groups -OCH3 is 1. The molecule has 0 spiro atoms. The summed E-state index contributed by atoms with van der Waals surface area (Å²) < 4.78 is 26.1. The maximum absolute atomic E-state index is 14.7. The summed E-state index contributed by atoms with van der Waals surface area (Å²) in [6.07, 6.45) is 8.14. The number of nitrogens with zero attached hydrogens (tertiary/aromatic N) is 2. The summed E-state index contributed by atoms with van der Waals surface area (Å²) in [7, 11) is 1.58. The first kappa shape index (κ1) is 24.2. The van der Waals surface area contributed by atoms with Gasteiger partial charge in [-0.15, -0.1) is 0 Å². The van der Waals surface area contributed by atoms with E-state index in [1.54, 1.807) is 25.4 Å². The van der Waals surface area contributed by atoms with Crippen molar-refractivity contribution < 1.29 is 13.9 Å². The van der Waals surface area contributed by atoms with Crippen LogP contribution >= 0.6 is 0 Å². The minimum atomic E-state index is -0.311. The van der Waals surface area contributed by atoms with Gasteiger partial charge in [0.1, 0.15) is 18.2 Å². The molecule has 0 bridgehead atoms. The van der Waals surface area contributed by atoms with Crippen LogP contribution in [0.2, 0.25) is 0 Å². The first-order valence-electron chi connectivity index (χ1n) is 12.2. The molecule has 0 N–H and O–H groups in total. The topological polar surface area (TPSA) is 44.2 Å². The van der Waals surface area contributed by atoms with Gasteiger partial charge in [0.05, 0.1) is 12.8 Å². The molecule has 2 heterocycles. The molecule has 0 radical (unpaired) electrons. The SMILES string of the molecule is CCC(c1ccnc(OCc2cnc(-c3cc(OC)ccc3F)c(CC(C)(C)C)c2)c1)C1CC1. The Labute approximate surface area is 202 Å². The van der Waals surface area contributed by atoms with Crippen molar-refractivity contribution in [1.82, 2.24) is 9.97 Å². The van der Waals surface area contributed by atoms with Crippen molar-refractivity contribution in [2.75, 3.05) is 7.11 Å². The van der Waals surface area contributed by atoms with Gasteiger partial charge in [-0.2, -0.15) is 0 Å². The van der Waals surface area contributed by atoms with Crippen LogP contribution in [0.1, 0.15) is 69.6 Å². The normalized spacial score (nSPS) is 14.6. The molecule has 34 heavy (non-hydrogen) atoms. The lowest BCUT2D eigenvalue weighted by atomic mass is 9.86. The van der Waals surface area contributed by atoms with E-state index in [1.807, 2.05) is 6.20 Å². The second kappa shape index (κ2) is 10.1. The highest BCUT2D eigenvalue weighted by atomic mass is 19.1. The van der Waals surface area contributed by atoms with Crippen molar-refractivity contribution >= 4 is 0 Å². The summed E-state index contributed by atoms with van der Waals surface area (Å²) in [5, 5.41) is 0. The average Bonchev–Trinajstić information content (AvgIpc) is 3.63. The van der Waals surface area contributed by atoms with Gasteiger partial charge in [-0.05, 0) is 84.4 Å². The van der Waals surface area contributed by atoms with Crippen LogP contribution < -0.4 is 9.47 Å². The Bertz CT molecular complexity index is 1140. The fraction of sp³-hybridized carbons (Fsp3) is 0.448. The highest BCUT2D eigenvalue weighted by Gasteiger charge is 2.31. The average molecular weight is 463 g/mol. The van der Waals surface area contributed by atoms with Crippen molar-refractivity contribution in [2.24, 2.45) is 11.3 Å². The van der Waals surface area contributed by atoms with Crippen LogP contribution in [0.15, 0.2) is 48.8 Å². The molecule has 1 atom stereocenters. The fourth-order valence-corrected chi connectivity index (χ4v) is 4.63. The van der Waals surface area contributed by atoms with Crippen molar-refractivity contribution in [3.05, 3.63) is 71.3 Å². The molecule has 4 rings (SSSR count). The zero-order chi connectivity index (χ0) is 24.3. The lowest BCUT2D eigenvalue weighted by Crippen LogP contribution is -2.12. The number of hydrogen-bond acceptors (Lipinski definition) is 4. The Morgan fingerprint density at radius 3 is 2.56 bits per heavy atom. The van der Waals surface area contributed by atoms with Gasteiger partial charge in [0.25, 0.3) is 0 Å². The third kappa shape index (κ3) is 5.94. The summed E-state index contributed by atoms with van der Waals surface area (Å²) in [4.78, 5) is 9.10. The molecule has 1 unspecified atom stereocenters. The predicted octanol–water partition coefficient (Wildman–Crippen LogP) is 7.36. The minimum Gasteiger partial charge on any atom is -0.497 e. The second-order valence-electron chi connectivity index (χ2n) is 10.5. The number of halogens is 1. The minimum absolute atomic E-state index is 0.0130. The van der Waals surface area contributed by atoms with Crippen LogP contribution in [-0.4, -0.2) is 17.1 Å². The molecule has 0 saturated heterocycles. The molecule has 1 aromatic carbocycles. The molecular weight excluding hydrogens is 427 g/mol. The molecule has 1 fully saturated rings. The molecule has 1 saturated carbocycles. The van der Waals surface area contributed by atoms with Crippen LogP contribution in [0.4, 0.5) is 4.39 Å². The first-order chi connectivity index (χ1) is 16.3. The first-order valence-corrected chi connectivity index (χ1v) is 12.2. The quantitative estimate of drug-likeness (QED) is 0.333. The third-order valence-electron chi connectivity index (χ3n) is 6.38. The maximum Gasteiger partial charge on any atom is 0.213 e. The van der Waals surface area contributed by atoms with E-state index in [0.717, 1.165) is 29.9 Å². The van der Waals surface area contributed by atoms with Crippen molar-refractivity contribution in [3.8, 4) is 22.9 Å². The molecule has 180 valence electrons. The number of rotatable bonds is 9. The molecule has 0 amide bonds. The molecule has 0 aliphatic heterocycles. The summed E-state index contributed by atoms with van der Waals surface area (Å²) in [6, 6.07) is 11.0. The highest BCUT2D eigenvalue weighted by molar-refractivity contribution is 5.66. The number of benzene rings is 1. The van der Waals surface area contributed by atoms with Gasteiger partial charge >= 0.3 is 0 Å². The number of hydrogen-bond donors (Lipinski definition) is 0. The Kier molecular flexibility index (Phi) is 7.20. The zero-order valence-corrected chi connectivity index (χ0v) is 20.9. The summed E-state index contributed by atoms with van der Waals surface area (Å²) in [6.45, 7) is 9.12. The molecule has 1 aliphatic rings. The molecule has 5 heteroatoms. The predicted molar refractivity (Wildman–Crippen MR) is 134 cm³/mol. The molecule has 3 aromatic rings. The van der Waals surface area contributed by atoms with Gasteiger partial charge in [0.15, 0.2) is 0 Å². The largest absolute Gasteiger partial charge is 0.497 e. The Morgan fingerprint density at radius 2 is 1.88 bits per heavy atom. The van der Waals surface area contributed by atoms with Crippen LogP contribution in [0, 0.1) is 17.2 Å². The van der Waals surface area contributed by atoms with E-state index in [0.29, 0.717) is 35.4 Å². The van der Waals surface area contributed by atoms with E-state index >= 15 is 0 Å². The van der Waals surface area contributed by atoms with Gasteiger partial charge in [0.2, 0.25) is 5.88 Å². The summed E-state index contributed by atoms with van der Waals surface area (Å²) >= 11 is 0. The van der Waals surface area contributed by atoms with E-state index < -0.39 is 0 Å². The summed E-state index contributed by atoms with van der Waals surface area (Å²) in [5.74, 6) is 2.32. The fourth-order valence-electron chi connectivity index (χ4n) is 4.63. The Hall–Kier alpha value is -2.95. The van der Waals surface area contributed by atoms with Gasteiger partial charge in [-0.25, -0.2) is 9.37 Å². The van der Waals surface area contributed by atoms with Gasteiger partial charge in [-0.1, -0.05) is 27.7 Å². The molecular formula is C29H35FN2O2. The van der Waals surface area contributed by atoms with Crippen molar-refractivity contribution in [3.63, 3.8) is 0 Å². The van der Waals surface area contributed by atoms with E-state index in [9.17, 15) is 4.39 Å². The third-order valence-corrected chi connectivity index (χ3v) is 6.38. The zero-order valence-electron chi connectivity index (χ0n) is 20.9. The van der Waals surface area contributed by atoms with E-state index in [2.05, 4.69) is 55.9 Å². The summed E-state index contributed by atoms with van der Waals surface area (Å²) in [5.41, 5.74) is 4.34.